The Morgan fingerprint density at radius 1 is 1.32 bits per heavy atom. The van der Waals surface area contributed by atoms with Crippen LogP contribution >= 0.6 is 27.5 Å². The lowest BCUT2D eigenvalue weighted by atomic mass is 10.1. The van der Waals surface area contributed by atoms with Crippen LogP contribution in [0.3, 0.4) is 0 Å². The first kappa shape index (κ1) is 20.6. The molecule has 0 spiro atoms. The molecule has 0 saturated carbocycles. The second-order valence-corrected chi connectivity index (χ2v) is 7.51. The summed E-state index contributed by atoms with van der Waals surface area (Å²) in [6, 6.07) is 7.35. The summed E-state index contributed by atoms with van der Waals surface area (Å²) >= 11 is 9.48. The molecule has 148 valence electrons. The van der Waals surface area contributed by atoms with Gasteiger partial charge in [0.15, 0.2) is 17.0 Å². The molecule has 5 nitrogen and oxygen atoms in total. The Balaban J connectivity index is 2.21. The van der Waals surface area contributed by atoms with E-state index >= 15 is 0 Å². The molecule has 2 aromatic heterocycles. The average molecular weight is 476 g/mol. The first-order valence-corrected chi connectivity index (χ1v) is 9.52. The van der Waals surface area contributed by atoms with Crippen molar-refractivity contribution >= 4 is 39.1 Å². The molecule has 0 aliphatic carbocycles. The lowest BCUT2D eigenvalue weighted by Crippen LogP contribution is -2.32. The number of hydrogen-bond donors (Lipinski definition) is 1. The molecule has 3 aromatic rings. The fraction of sp³-hybridized carbons (Fsp3) is 0.278. The van der Waals surface area contributed by atoms with Crippen LogP contribution in [0.1, 0.15) is 36.5 Å². The van der Waals surface area contributed by atoms with Gasteiger partial charge in [0.25, 0.3) is 5.91 Å². The number of halogens is 5. The Kier molecular flexibility index (Phi) is 5.67. The molecule has 0 bridgehead atoms. The van der Waals surface area contributed by atoms with Gasteiger partial charge in [-0.3, -0.25) is 4.79 Å². The normalized spacial score (nSPS) is 13.0. The highest BCUT2D eigenvalue weighted by Gasteiger charge is 2.36. The van der Waals surface area contributed by atoms with Crippen LogP contribution in [0.4, 0.5) is 13.2 Å². The molecule has 0 unspecified atom stereocenters. The summed E-state index contributed by atoms with van der Waals surface area (Å²) in [6.07, 6.45) is -4.07. The molecule has 0 radical (unpaired) electrons. The summed E-state index contributed by atoms with van der Waals surface area (Å²) in [5.74, 6) is -0.650. The highest BCUT2D eigenvalue weighted by atomic mass is 79.9. The van der Waals surface area contributed by atoms with Crippen molar-refractivity contribution in [1.82, 2.24) is 19.9 Å². The third-order valence-corrected chi connectivity index (χ3v) is 5.04. The van der Waals surface area contributed by atoms with E-state index in [1.54, 1.807) is 31.2 Å². The molecule has 0 fully saturated rings. The summed E-state index contributed by atoms with van der Waals surface area (Å²) in [7, 11) is 0. The maximum atomic E-state index is 13.6. The average Bonchev–Trinajstić information content (AvgIpc) is 2.97. The number of carbonyl (C=O) groups is 1. The number of carbonyl (C=O) groups excluding carboxylic acids is 1. The molecule has 2 heterocycles. The number of alkyl halides is 3. The molecule has 3 rings (SSSR count). The van der Waals surface area contributed by atoms with Crippen molar-refractivity contribution in [2.45, 2.75) is 32.5 Å². The van der Waals surface area contributed by atoms with Gasteiger partial charge in [-0.1, -0.05) is 46.6 Å². The third-order valence-electron chi connectivity index (χ3n) is 4.17. The maximum absolute atomic E-state index is 13.6. The van der Waals surface area contributed by atoms with E-state index in [0.717, 1.165) is 10.5 Å². The van der Waals surface area contributed by atoms with Gasteiger partial charge >= 0.3 is 6.18 Å². The number of nitrogens with one attached hydrogen (secondary N) is 1. The van der Waals surface area contributed by atoms with Crippen molar-refractivity contribution in [2.24, 2.45) is 0 Å². The summed E-state index contributed by atoms with van der Waals surface area (Å²) in [5, 5.41) is 6.21. The predicted octanol–water partition coefficient (Wildman–Crippen LogP) is 5.36. The minimum absolute atomic E-state index is 0.0722. The minimum atomic E-state index is -4.72. The second kappa shape index (κ2) is 7.71. The van der Waals surface area contributed by atoms with E-state index < -0.39 is 17.8 Å². The monoisotopic (exact) mass is 474 g/mol. The molecule has 28 heavy (non-hydrogen) atoms. The number of fused-ring (bicyclic) bond motifs is 1. The van der Waals surface area contributed by atoms with E-state index in [4.69, 9.17) is 11.6 Å². The molecule has 1 aromatic carbocycles. The van der Waals surface area contributed by atoms with Crippen LogP contribution < -0.4 is 5.32 Å². The summed E-state index contributed by atoms with van der Waals surface area (Å²) in [5.41, 5.74) is -1.06. The topological polar surface area (TPSA) is 59.3 Å². The van der Waals surface area contributed by atoms with Gasteiger partial charge < -0.3 is 5.32 Å². The maximum Gasteiger partial charge on any atom is 0.433 e. The standard InChI is InChI=1S/C18H15BrClF3N4O/c1-3-9(2)24-17(28)15-14(20)16-25-12(10-4-6-11(19)7-5-10)8-13(18(21,22)23)27(16)26-15/h4-9H,3H2,1-2H3,(H,24,28)/t9-/m0/s1. The zero-order valence-corrected chi connectivity index (χ0v) is 17.2. The van der Waals surface area contributed by atoms with Crippen LogP contribution in [-0.4, -0.2) is 26.5 Å². The fourth-order valence-electron chi connectivity index (χ4n) is 2.50. The van der Waals surface area contributed by atoms with E-state index in [0.29, 0.717) is 16.5 Å². The van der Waals surface area contributed by atoms with Gasteiger partial charge in [0, 0.05) is 16.1 Å². The molecular formula is C18H15BrClF3N4O. The Hall–Kier alpha value is -2.13. The molecule has 0 saturated heterocycles. The largest absolute Gasteiger partial charge is 0.433 e. The Labute approximate surface area is 172 Å². The fourth-order valence-corrected chi connectivity index (χ4v) is 3.01. The van der Waals surface area contributed by atoms with E-state index in [-0.39, 0.29) is 28.1 Å². The SMILES string of the molecule is CC[C@H](C)NC(=O)c1nn2c(C(F)(F)F)cc(-c3ccc(Br)cc3)nc2c1Cl. The number of rotatable bonds is 4. The second-order valence-electron chi connectivity index (χ2n) is 6.21. The number of hydrogen-bond acceptors (Lipinski definition) is 3. The van der Waals surface area contributed by atoms with E-state index in [9.17, 15) is 18.0 Å². The van der Waals surface area contributed by atoms with Crippen LogP contribution in [0.25, 0.3) is 16.9 Å². The highest BCUT2D eigenvalue weighted by Crippen LogP contribution is 2.34. The van der Waals surface area contributed by atoms with Crippen molar-refractivity contribution in [3.05, 3.63) is 51.2 Å². The van der Waals surface area contributed by atoms with Crippen molar-refractivity contribution in [2.75, 3.05) is 0 Å². The predicted molar refractivity (Wildman–Crippen MR) is 103 cm³/mol. The Morgan fingerprint density at radius 2 is 1.96 bits per heavy atom. The molecule has 1 amide bonds. The van der Waals surface area contributed by atoms with Crippen LogP contribution in [0, 0.1) is 0 Å². The van der Waals surface area contributed by atoms with Crippen LogP contribution in [0.5, 0.6) is 0 Å². The van der Waals surface area contributed by atoms with Crippen molar-refractivity contribution in [1.29, 1.82) is 0 Å². The van der Waals surface area contributed by atoms with Crippen molar-refractivity contribution in [3.8, 4) is 11.3 Å². The number of benzene rings is 1. The Bertz CT molecular complexity index is 1030. The zero-order chi connectivity index (χ0) is 20.6. The summed E-state index contributed by atoms with van der Waals surface area (Å²) < 4.78 is 42.3. The van der Waals surface area contributed by atoms with Crippen LogP contribution in [-0.2, 0) is 6.18 Å². The van der Waals surface area contributed by atoms with Crippen molar-refractivity contribution < 1.29 is 18.0 Å². The highest BCUT2D eigenvalue weighted by molar-refractivity contribution is 9.10. The molecule has 0 aliphatic rings. The Morgan fingerprint density at radius 3 is 2.54 bits per heavy atom. The molecule has 1 atom stereocenters. The first-order chi connectivity index (χ1) is 13.1. The van der Waals surface area contributed by atoms with Gasteiger partial charge in [0.1, 0.15) is 5.02 Å². The molecule has 10 heteroatoms. The lowest BCUT2D eigenvalue weighted by molar-refractivity contribution is -0.142. The number of amides is 1. The van der Waals surface area contributed by atoms with E-state index in [2.05, 4.69) is 31.3 Å². The first-order valence-electron chi connectivity index (χ1n) is 8.35. The summed E-state index contributed by atoms with van der Waals surface area (Å²) in [6.45, 7) is 3.64. The quantitative estimate of drug-likeness (QED) is 0.553. The third kappa shape index (κ3) is 4.00. The van der Waals surface area contributed by atoms with Crippen LogP contribution in [0.15, 0.2) is 34.8 Å². The van der Waals surface area contributed by atoms with Gasteiger partial charge in [-0.15, -0.1) is 0 Å². The van der Waals surface area contributed by atoms with Gasteiger partial charge in [0.05, 0.1) is 5.69 Å². The summed E-state index contributed by atoms with van der Waals surface area (Å²) in [4.78, 5) is 16.6. The lowest BCUT2D eigenvalue weighted by Gasteiger charge is -2.11. The number of aromatic nitrogens is 3. The number of nitrogens with zero attached hydrogens (tertiary/aromatic N) is 3. The zero-order valence-electron chi connectivity index (χ0n) is 14.8. The molecule has 0 aliphatic heterocycles. The van der Waals surface area contributed by atoms with Crippen molar-refractivity contribution in [3.63, 3.8) is 0 Å². The van der Waals surface area contributed by atoms with Gasteiger partial charge in [-0.05, 0) is 31.5 Å². The minimum Gasteiger partial charge on any atom is -0.348 e. The molecular weight excluding hydrogens is 461 g/mol. The smallest absolute Gasteiger partial charge is 0.348 e. The van der Waals surface area contributed by atoms with Gasteiger partial charge in [-0.25, -0.2) is 9.50 Å². The van der Waals surface area contributed by atoms with Crippen LogP contribution in [0.2, 0.25) is 5.02 Å². The van der Waals surface area contributed by atoms with E-state index in [1.165, 1.54) is 0 Å². The van der Waals surface area contributed by atoms with Gasteiger partial charge in [0.2, 0.25) is 0 Å². The molecule has 1 N–H and O–H groups in total. The van der Waals surface area contributed by atoms with Gasteiger partial charge in [-0.2, -0.15) is 18.3 Å². The van der Waals surface area contributed by atoms with E-state index in [1.807, 2.05) is 6.92 Å².